The molecule has 0 atom stereocenters. The lowest BCUT2D eigenvalue weighted by Gasteiger charge is -2.09. The van der Waals surface area contributed by atoms with E-state index >= 15 is 0 Å². The minimum Gasteiger partial charge on any atom is -0.481 e. The van der Waals surface area contributed by atoms with Gasteiger partial charge in [-0.2, -0.15) is 21.3 Å². The molecule has 2 rings (SSSR count). The highest BCUT2D eigenvalue weighted by atomic mass is 32.2. The van der Waals surface area contributed by atoms with Crippen LogP contribution in [0.15, 0.2) is 21.7 Å². The number of rotatable bonds is 5. The van der Waals surface area contributed by atoms with Crippen LogP contribution in [0.2, 0.25) is 0 Å². The Labute approximate surface area is 136 Å². The summed E-state index contributed by atoms with van der Waals surface area (Å²) >= 11 is 1.23. The molecule has 0 aliphatic heterocycles. The second-order valence-corrected chi connectivity index (χ2v) is 6.65. The topological polar surface area (TPSA) is 120 Å². The highest BCUT2D eigenvalue weighted by Crippen LogP contribution is 2.20. The van der Waals surface area contributed by atoms with Gasteiger partial charge in [-0.25, -0.2) is 17.9 Å². The van der Waals surface area contributed by atoms with Gasteiger partial charge < -0.3 is 9.47 Å². The highest BCUT2D eigenvalue weighted by molar-refractivity contribution is 7.90. The number of methoxy groups -OCH3 is 2. The molecule has 0 spiro atoms. The molecule has 0 saturated carbocycles. The molecule has 2 aromatic heterocycles. The molecule has 0 unspecified atom stereocenters. The molecule has 124 valence electrons. The van der Waals surface area contributed by atoms with E-state index in [9.17, 15) is 13.2 Å². The fourth-order valence-corrected chi connectivity index (χ4v) is 3.94. The van der Waals surface area contributed by atoms with Crippen molar-refractivity contribution in [3.8, 4) is 11.8 Å². The molecule has 2 aromatic rings. The second kappa shape index (κ2) is 6.79. The van der Waals surface area contributed by atoms with Gasteiger partial charge >= 0.3 is 6.03 Å². The molecule has 2 N–H and O–H groups in total. The Morgan fingerprint density at radius 3 is 2.26 bits per heavy atom. The van der Waals surface area contributed by atoms with E-state index in [-0.39, 0.29) is 22.6 Å². The largest absolute Gasteiger partial charge is 0.481 e. The number of hydrogen-bond acceptors (Lipinski definition) is 8. The van der Waals surface area contributed by atoms with Crippen molar-refractivity contribution in [3.63, 3.8) is 0 Å². The lowest BCUT2D eigenvalue weighted by Crippen LogP contribution is -2.35. The number of carbonyl (C=O) groups excluding carboxylic acids is 1. The van der Waals surface area contributed by atoms with Crippen LogP contribution in [0.25, 0.3) is 0 Å². The first-order chi connectivity index (χ1) is 10.9. The third kappa shape index (κ3) is 4.07. The minimum atomic E-state index is -3.97. The zero-order valence-corrected chi connectivity index (χ0v) is 14.1. The number of hydrogen-bond donors (Lipinski definition) is 2. The van der Waals surface area contributed by atoms with Gasteiger partial charge in [0.25, 0.3) is 10.0 Å². The number of ether oxygens (including phenoxy) is 2. The predicted molar refractivity (Wildman–Crippen MR) is 83.5 cm³/mol. The number of anilines is 1. The van der Waals surface area contributed by atoms with E-state index in [1.807, 2.05) is 4.72 Å². The van der Waals surface area contributed by atoms with Crippen LogP contribution in [0.1, 0.15) is 5.56 Å². The summed E-state index contributed by atoms with van der Waals surface area (Å²) in [6.07, 6.45) is 0. The molecule has 0 aliphatic carbocycles. The zero-order valence-electron chi connectivity index (χ0n) is 12.5. The number of nitrogens with one attached hydrogen (secondary N) is 2. The molecule has 2 amide bonds. The van der Waals surface area contributed by atoms with Crippen LogP contribution in [0.3, 0.4) is 0 Å². The van der Waals surface area contributed by atoms with E-state index in [0.717, 1.165) is 0 Å². The number of sulfonamides is 1. The number of urea groups is 1. The van der Waals surface area contributed by atoms with Gasteiger partial charge in [0.15, 0.2) is 0 Å². The van der Waals surface area contributed by atoms with E-state index in [1.54, 1.807) is 12.3 Å². The number of thiophene rings is 1. The Kier molecular flexibility index (Phi) is 5.01. The maximum absolute atomic E-state index is 12.1. The molecule has 11 heteroatoms. The predicted octanol–water partition coefficient (Wildman–Crippen LogP) is 1.37. The summed E-state index contributed by atoms with van der Waals surface area (Å²) < 4.78 is 36.0. The molecule has 0 saturated heterocycles. The SMILES string of the molecule is COc1cc(OC)nc(NC(=O)NS(=O)(=O)c2cscc2C)n1. The Morgan fingerprint density at radius 1 is 1.17 bits per heavy atom. The summed E-state index contributed by atoms with van der Waals surface area (Å²) in [5, 5.41) is 5.33. The second-order valence-electron chi connectivity index (χ2n) is 4.25. The van der Waals surface area contributed by atoms with Crippen LogP contribution in [-0.2, 0) is 10.0 Å². The molecule has 0 aliphatic rings. The normalized spacial score (nSPS) is 10.9. The van der Waals surface area contributed by atoms with Crippen LogP contribution in [-0.4, -0.2) is 38.6 Å². The van der Waals surface area contributed by atoms with Gasteiger partial charge in [0, 0.05) is 5.38 Å². The van der Waals surface area contributed by atoms with Crippen molar-refractivity contribution < 1.29 is 22.7 Å². The lowest BCUT2D eigenvalue weighted by molar-refractivity contribution is 0.256. The quantitative estimate of drug-likeness (QED) is 0.828. The van der Waals surface area contributed by atoms with Gasteiger partial charge in [0.05, 0.1) is 20.3 Å². The van der Waals surface area contributed by atoms with Crippen molar-refractivity contribution in [2.45, 2.75) is 11.8 Å². The maximum Gasteiger partial charge on any atom is 0.335 e. The minimum absolute atomic E-state index is 0.0433. The van der Waals surface area contributed by atoms with Crippen molar-refractivity contribution in [1.29, 1.82) is 0 Å². The fourth-order valence-electron chi connectivity index (χ4n) is 1.60. The molecule has 0 fully saturated rings. The highest BCUT2D eigenvalue weighted by Gasteiger charge is 2.21. The van der Waals surface area contributed by atoms with E-state index in [0.29, 0.717) is 5.56 Å². The van der Waals surface area contributed by atoms with Gasteiger partial charge in [-0.1, -0.05) is 0 Å². The Balaban J connectivity index is 2.15. The van der Waals surface area contributed by atoms with Crippen LogP contribution in [0, 0.1) is 6.92 Å². The van der Waals surface area contributed by atoms with Gasteiger partial charge in [-0.05, 0) is 17.9 Å². The zero-order chi connectivity index (χ0) is 17.0. The molecule has 0 bridgehead atoms. The number of amides is 2. The Morgan fingerprint density at radius 2 is 1.78 bits per heavy atom. The summed E-state index contributed by atoms with van der Waals surface area (Å²) in [5.74, 6) is 0.156. The summed E-state index contributed by atoms with van der Waals surface area (Å²) in [6.45, 7) is 1.64. The third-order valence-corrected chi connectivity index (χ3v) is 5.13. The number of aryl methyl sites for hydroxylation is 1. The average Bonchev–Trinajstić information content (AvgIpc) is 2.93. The van der Waals surface area contributed by atoms with Crippen LogP contribution < -0.4 is 19.5 Å². The number of carbonyl (C=O) groups is 1. The van der Waals surface area contributed by atoms with E-state index in [1.165, 1.54) is 37.0 Å². The van der Waals surface area contributed by atoms with E-state index in [4.69, 9.17) is 9.47 Å². The molecule has 0 aromatic carbocycles. The lowest BCUT2D eigenvalue weighted by atomic mass is 10.4. The van der Waals surface area contributed by atoms with Crippen LogP contribution in [0.4, 0.5) is 10.7 Å². The molecule has 0 radical (unpaired) electrons. The molecule has 2 heterocycles. The van der Waals surface area contributed by atoms with Crippen molar-refractivity contribution in [3.05, 3.63) is 22.4 Å². The van der Waals surface area contributed by atoms with Gasteiger partial charge in [-0.15, -0.1) is 0 Å². The maximum atomic E-state index is 12.1. The molecular formula is C12H14N4O5S2. The Bertz CT molecular complexity index is 796. The average molecular weight is 358 g/mol. The standard InChI is InChI=1S/C12H14N4O5S2/c1-7-5-22-6-8(7)23(18,19)16-12(17)15-11-13-9(20-2)4-10(14-11)21-3/h4-6H,1-3H3,(H2,13,14,15,16,17). The summed E-state index contributed by atoms with van der Waals surface area (Å²) in [5.41, 5.74) is 0.551. The van der Waals surface area contributed by atoms with Crippen LogP contribution in [0.5, 0.6) is 11.8 Å². The van der Waals surface area contributed by atoms with Crippen molar-refractivity contribution >= 4 is 33.3 Å². The first-order valence-corrected chi connectivity index (χ1v) is 8.62. The first kappa shape index (κ1) is 17.0. The molecular weight excluding hydrogens is 344 g/mol. The van der Waals surface area contributed by atoms with Crippen LogP contribution >= 0.6 is 11.3 Å². The van der Waals surface area contributed by atoms with Crippen molar-refractivity contribution in [1.82, 2.24) is 14.7 Å². The number of aromatic nitrogens is 2. The third-order valence-electron chi connectivity index (χ3n) is 2.65. The van der Waals surface area contributed by atoms with E-state index in [2.05, 4.69) is 15.3 Å². The first-order valence-electron chi connectivity index (χ1n) is 6.19. The van der Waals surface area contributed by atoms with Gasteiger partial charge in [0.2, 0.25) is 17.7 Å². The summed E-state index contributed by atoms with van der Waals surface area (Å²) in [6, 6.07) is 0.417. The van der Waals surface area contributed by atoms with Crippen molar-refractivity contribution in [2.24, 2.45) is 0 Å². The van der Waals surface area contributed by atoms with Gasteiger partial charge in [0.1, 0.15) is 4.90 Å². The summed E-state index contributed by atoms with van der Waals surface area (Å²) in [4.78, 5) is 19.7. The monoisotopic (exact) mass is 358 g/mol. The Hall–Kier alpha value is -2.40. The molecule has 9 nitrogen and oxygen atoms in total. The molecule has 23 heavy (non-hydrogen) atoms. The van der Waals surface area contributed by atoms with E-state index < -0.39 is 16.1 Å². The smallest absolute Gasteiger partial charge is 0.335 e. The summed E-state index contributed by atoms with van der Waals surface area (Å²) in [7, 11) is -1.20. The fraction of sp³-hybridized carbons (Fsp3) is 0.250. The number of nitrogens with zero attached hydrogens (tertiary/aromatic N) is 2. The van der Waals surface area contributed by atoms with Gasteiger partial charge in [-0.3, -0.25) is 5.32 Å². The van der Waals surface area contributed by atoms with Crippen molar-refractivity contribution in [2.75, 3.05) is 19.5 Å².